The molecule has 0 aromatic carbocycles. The van der Waals surface area contributed by atoms with Crippen LogP contribution in [0.25, 0.3) is 0 Å². The van der Waals surface area contributed by atoms with Crippen molar-refractivity contribution in [3.63, 3.8) is 0 Å². The van der Waals surface area contributed by atoms with Crippen LogP contribution in [0.5, 0.6) is 0 Å². The van der Waals surface area contributed by atoms with Crippen LogP contribution < -0.4 is 0 Å². The van der Waals surface area contributed by atoms with Crippen LogP contribution in [0.2, 0.25) is 0 Å². The van der Waals surface area contributed by atoms with Crippen molar-refractivity contribution >= 4 is 0 Å². The van der Waals surface area contributed by atoms with E-state index in [-0.39, 0.29) is 30.8 Å². The Hall–Kier alpha value is -0.290. The van der Waals surface area contributed by atoms with Crippen molar-refractivity contribution in [3.8, 4) is 0 Å². The van der Waals surface area contributed by atoms with Gasteiger partial charge in [-0.2, -0.15) is 13.2 Å². The fourth-order valence-corrected chi connectivity index (χ4v) is 8.24. The van der Waals surface area contributed by atoms with Crippen LogP contribution in [-0.4, -0.2) is 28.6 Å². The predicted molar refractivity (Wildman–Crippen MR) is 97.9 cm³/mol. The van der Waals surface area contributed by atoms with Gasteiger partial charge in [0.1, 0.15) is 0 Å². The second kappa shape index (κ2) is 6.35. The van der Waals surface area contributed by atoms with Gasteiger partial charge in [-0.1, -0.05) is 13.8 Å². The minimum Gasteiger partial charge on any atom is -0.396 e. The highest BCUT2D eigenvalue weighted by Gasteiger charge is 2.64. The second-order valence-electron chi connectivity index (χ2n) is 10.7. The molecule has 0 amide bonds. The smallest absolute Gasteiger partial charge is 0.396 e. The van der Waals surface area contributed by atoms with Gasteiger partial charge < -0.3 is 10.2 Å². The first-order chi connectivity index (χ1) is 12.6. The molecule has 4 fully saturated rings. The van der Waals surface area contributed by atoms with Gasteiger partial charge in [0.2, 0.25) is 0 Å². The van der Waals surface area contributed by atoms with E-state index in [1.165, 1.54) is 12.8 Å². The lowest BCUT2D eigenvalue weighted by Gasteiger charge is -2.62. The van der Waals surface area contributed by atoms with Crippen LogP contribution in [0.1, 0.15) is 78.1 Å². The summed E-state index contributed by atoms with van der Waals surface area (Å²) in [5, 5.41) is 19.8. The third-order valence-electron chi connectivity index (χ3n) is 9.93. The maximum Gasteiger partial charge on any atom is 0.417 e. The molecule has 4 aliphatic rings. The van der Waals surface area contributed by atoms with Crippen molar-refractivity contribution in [1.29, 1.82) is 0 Å². The van der Waals surface area contributed by atoms with Gasteiger partial charge in [0.25, 0.3) is 0 Å². The van der Waals surface area contributed by atoms with E-state index >= 15 is 0 Å². The number of aliphatic hydroxyl groups is 2. The summed E-state index contributed by atoms with van der Waals surface area (Å²) in [5.41, 5.74) is -2.24. The average molecular weight is 389 g/mol. The van der Waals surface area contributed by atoms with E-state index in [1.807, 2.05) is 0 Å². The van der Waals surface area contributed by atoms with Crippen LogP contribution in [-0.2, 0) is 0 Å². The van der Waals surface area contributed by atoms with Gasteiger partial charge in [-0.05, 0) is 105 Å². The maximum atomic E-state index is 13.4. The molecule has 4 saturated carbocycles. The summed E-state index contributed by atoms with van der Waals surface area (Å²) in [6.07, 6.45) is 3.15. The Morgan fingerprint density at radius 2 is 1.59 bits per heavy atom. The topological polar surface area (TPSA) is 40.5 Å². The Balaban J connectivity index is 1.56. The Morgan fingerprint density at radius 1 is 0.889 bits per heavy atom. The SMILES string of the molecule is C[C@]12CC[C@](O)(C(F)(F)F)C[C@H]1CC[C@@H]1[C@@H]2CC[C@]2(C)[C@@H](CCO)CC[C@@H]12. The molecule has 0 heterocycles. The van der Waals surface area contributed by atoms with Crippen LogP contribution >= 0.6 is 0 Å². The number of aliphatic hydroxyl groups excluding tert-OH is 1. The Bertz CT molecular complexity index is 578. The highest BCUT2D eigenvalue weighted by molar-refractivity contribution is 5.11. The lowest BCUT2D eigenvalue weighted by Crippen LogP contribution is -2.59. The van der Waals surface area contributed by atoms with Crippen molar-refractivity contribution in [1.82, 2.24) is 0 Å². The molecule has 0 unspecified atom stereocenters. The molecule has 8 atom stereocenters. The molecule has 4 rings (SSSR count). The molecule has 5 heteroatoms. The monoisotopic (exact) mass is 388 g/mol. The minimum atomic E-state index is -4.51. The summed E-state index contributed by atoms with van der Waals surface area (Å²) in [4.78, 5) is 0. The van der Waals surface area contributed by atoms with Gasteiger partial charge in [-0.25, -0.2) is 0 Å². The normalized spacial score (nSPS) is 52.8. The second-order valence-corrected chi connectivity index (χ2v) is 10.7. The Morgan fingerprint density at radius 3 is 2.26 bits per heavy atom. The molecule has 2 N–H and O–H groups in total. The lowest BCUT2D eigenvalue weighted by atomic mass is 9.44. The summed E-state index contributed by atoms with van der Waals surface area (Å²) < 4.78 is 40.2. The molecule has 0 aromatic rings. The summed E-state index contributed by atoms with van der Waals surface area (Å²) in [6.45, 7) is 4.91. The lowest BCUT2D eigenvalue weighted by molar-refractivity contribution is -0.290. The largest absolute Gasteiger partial charge is 0.417 e. The van der Waals surface area contributed by atoms with Crippen molar-refractivity contribution in [2.45, 2.75) is 89.8 Å². The summed E-state index contributed by atoms with van der Waals surface area (Å²) in [7, 11) is 0. The number of fused-ring (bicyclic) bond motifs is 5. The molecule has 0 radical (unpaired) electrons. The van der Waals surface area contributed by atoms with Gasteiger partial charge >= 0.3 is 6.18 Å². The van der Waals surface area contributed by atoms with E-state index in [0.29, 0.717) is 35.5 Å². The number of hydrogen-bond donors (Lipinski definition) is 2. The van der Waals surface area contributed by atoms with E-state index < -0.39 is 11.8 Å². The first-order valence-corrected chi connectivity index (χ1v) is 11.0. The van der Waals surface area contributed by atoms with E-state index in [0.717, 1.165) is 32.1 Å². The molecular weight excluding hydrogens is 353 g/mol. The molecule has 156 valence electrons. The Kier molecular flexibility index (Phi) is 4.71. The number of hydrogen-bond acceptors (Lipinski definition) is 2. The highest BCUT2D eigenvalue weighted by atomic mass is 19.4. The Labute approximate surface area is 160 Å². The van der Waals surface area contributed by atoms with Gasteiger partial charge in [-0.15, -0.1) is 0 Å². The molecule has 2 nitrogen and oxygen atoms in total. The zero-order valence-electron chi connectivity index (χ0n) is 16.7. The van der Waals surface area contributed by atoms with Crippen molar-refractivity contribution in [3.05, 3.63) is 0 Å². The quantitative estimate of drug-likeness (QED) is 0.672. The third-order valence-corrected chi connectivity index (χ3v) is 9.93. The molecular formula is C22H35F3O2. The molecule has 0 aromatic heterocycles. The van der Waals surface area contributed by atoms with E-state index in [1.54, 1.807) is 0 Å². The summed E-state index contributed by atoms with van der Waals surface area (Å²) in [5.74, 6) is 2.36. The summed E-state index contributed by atoms with van der Waals surface area (Å²) >= 11 is 0. The van der Waals surface area contributed by atoms with Gasteiger partial charge in [0.05, 0.1) is 0 Å². The molecule has 0 saturated heterocycles. The van der Waals surface area contributed by atoms with Gasteiger partial charge in [0.15, 0.2) is 5.60 Å². The third kappa shape index (κ3) is 2.81. The summed E-state index contributed by atoms with van der Waals surface area (Å²) in [6, 6.07) is 0. The minimum absolute atomic E-state index is 0.0156. The van der Waals surface area contributed by atoms with Crippen LogP contribution in [0.3, 0.4) is 0 Å². The van der Waals surface area contributed by atoms with Crippen LogP contribution in [0, 0.1) is 40.4 Å². The van der Waals surface area contributed by atoms with Crippen molar-refractivity contribution in [2.75, 3.05) is 6.61 Å². The average Bonchev–Trinajstić information content (AvgIpc) is 2.92. The predicted octanol–water partition coefficient (Wildman–Crippen LogP) is 5.32. The zero-order valence-corrected chi connectivity index (χ0v) is 16.7. The van der Waals surface area contributed by atoms with E-state index in [9.17, 15) is 23.4 Å². The standard InChI is InChI=1S/C22H35F3O2/c1-19-9-7-18-16(17(19)6-4-14(19)8-12-26)5-3-15-13-21(27,22(23,24)25)11-10-20(15,18)2/h14-18,26-27H,3-13H2,1-2H3/t14-,15-,16+,17+,18+,19-,20+,21-/m1/s1. The van der Waals surface area contributed by atoms with E-state index in [2.05, 4.69) is 13.8 Å². The van der Waals surface area contributed by atoms with Gasteiger partial charge in [0, 0.05) is 6.61 Å². The number of alkyl halides is 3. The molecule has 0 spiro atoms. The highest BCUT2D eigenvalue weighted by Crippen LogP contribution is 2.68. The van der Waals surface area contributed by atoms with E-state index in [4.69, 9.17) is 0 Å². The van der Waals surface area contributed by atoms with Crippen molar-refractivity contribution < 1.29 is 23.4 Å². The molecule has 0 aliphatic heterocycles. The number of rotatable bonds is 2. The maximum absolute atomic E-state index is 13.4. The van der Waals surface area contributed by atoms with Crippen LogP contribution in [0.4, 0.5) is 13.2 Å². The molecule has 4 aliphatic carbocycles. The first kappa shape index (κ1) is 20.0. The number of halogens is 3. The molecule has 27 heavy (non-hydrogen) atoms. The van der Waals surface area contributed by atoms with Crippen LogP contribution in [0.15, 0.2) is 0 Å². The fourth-order valence-electron chi connectivity index (χ4n) is 8.24. The zero-order chi connectivity index (χ0) is 19.7. The first-order valence-electron chi connectivity index (χ1n) is 11.0. The van der Waals surface area contributed by atoms with Gasteiger partial charge in [-0.3, -0.25) is 0 Å². The fraction of sp³-hybridized carbons (Fsp3) is 1.00. The molecule has 0 bridgehead atoms. The van der Waals surface area contributed by atoms with Crippen molar-refractivity contribution in [2.24, 2.45) is 40.4 Å².